The molecule has 3 rings (SSSR count). The van der Waals surface area contributed by atoms with E-state index in [1.807, 2.05) is 32.0 Å². The number of benzene rings is 2. The number of rotatable bonds is 6. The molecule has 0 saturated carbocycles. The zero-order valence-corrected chi connectivity index (χ0v) is 18.5. The second-order valence-electron chi connectivity index (χ2n) is 7.03. The maximum absolute atomic E-state index is 12.3. The van der Waals surface area contributed by atoms with E-state index < -0.39 is 16.7 Å². The van der Waals surface area contributed by atoms with Crippen molar-refractivity contribution in [3.8, 4) is 0 Å². The van der Waals surface area contributed by atoms with Crippen molar-refractivity contribution >= 4 is 29.3 Å². The molecule has 2 amide bonds. The van der Waals surface area contributed by atoms with Gasteiger partial charge in [-0.15, -0.1) is 0 Å². The van der Waals surface area contributed by atoms with E-state index in [-0.39, 0.29) is 16.8 Å². The zero-order chi connectivity index (χ0) is 23.3. The predicted octanol–water partition coefficient (Wildman–Crippen LogP) is 3.68. The quantitative estimate of drug-likeness (QED) is 0.253. The van der Waals surface area contributed by atoms with Gasteiger partial charge in [0.1, 0.15) is 0 Å². The summed E-state index contributed by atoms with van der Waals surface area (Å²) in [6.07, 6.45) is 0. The summed E-state index contributed by atoms with van der Waals surface area (Å²) < 4.78 is 0. The Morgan fingerprint density at radius 3 is 2.22 bits per heavy atom. The SMILES string of the molecule is Cc1cc(C)nc(SCc2ccc(C(=O)NNC(=O)c3cccc([N+](=O)[O-])c3C)cc2)n1. The van der Waals surface area contributed by atoms with Crippen LogP contribution in [0, 0.1) is 30.9 Å². The van der Waals surface area contributed by atoms with Gasteiger partial charge in [-0.1, -0.05) is 30.0 Å². The summed E-state index contributed by atoms with van der Waals surface area (Å²) in [4.78, 5) is 43.9. The van der Waals surface area contributed by atoms with Crippen molar-refractivity contribution in [1.82, 2.24) is 20.8 Å². The van der Waals surface area contributed by atoms with E-state index >= 15 is 0 Å². The molecule has 3 aromatic rings. The third kappa shape index (κ3) is 5.67. The highest BCUT2D eigenvalue weighted by molar-refractivity contribution is 7.98. The molecule has 0 atom stereocenters. The molecule has 0 aliphatic heterocycles. The van der Waals surface area contributed by atoms with Gasteiger partial charge in [-0.05, 0) is 50.6 Å². The predicted molar refractivity (Wildman–Crippen MR) is 120 cm³/mol. The topological polar surface area (TPSA) is 127 Å². The van der Waals surface area contributed by atoms with E-state index in [4.69, 9.17) is 0 Å². The second-order valence-corrected chi connectivity index (χ2v) is 7.98. The lowest BCUT2D eigenvalue weighted by atomic mass is 10.1. The average molecular weight is 452 g/mol. The second kappa shape index (κ2) is 10.0. The molecule has 0 fully saturated rings. The molecule has 0 unspecified atom stereocenters. The molecule has 10 heteroatoms. The van der Waals surface area contributed by atoms with Gasteiger partial charge in [-0.3, -0.25) is 30.6 Å². The van der Waals surface area contributed by atoms with Crippen molar-refractivity contribution in [2.45, 2.75) is 31.7 Å². The summed E-state index contributed by atoms with van der Waals surface area (Å²) in [6, 6.07) is 13.0. The molecular formula is C22H21N5O4S. The number of nitrogens with one attached hydrogen (secondary N) is 2. The number of nitrogens with zero attached hydrogens (tertiary/aromatic N) is 3. The number of nitro benzene ring substituents is 1. The smallest absolute Gasteiger partial charge is 0.267 e. The van der Waals surface area contributed by atoms with Gasteiger partial charge in [-0.25, -0.2) is 9.97 Å². The molecule has 2 aromatic carbocycles. The van der Waals surface area contributed by atoms with E-state index in [9.17, 15) is 19.7 Å². The molecule has 32 heavy (non-hydrogen) atoms. The van der Waals surface area contributed by atoms with Gasteiger partial charge in [0.05, 0.1) is 10.5 Å². The van der Waals surface area contributed by atoms with Gasteiger partial charge in [0, 0.05) is 34.3 Å². The fourth-order valence-corrected chi connectivity index (χ4v) is 3.88. The summed E-state index contributed by atoms with van der Waals surface area (Å²) >= 11 is 1.50. The number of carbonyl (C=O) groups is 2. The molecule has 0 aliphatic rings. The fourth-order valence-electron chi connectivity index (χ4n) is 2.98. The van der Waals surface area contributed by atoms with Crippen LogP contribution in [0.25, 0.3) is 0 Å². The summed E-state index contributed by atoms with van der Waals surface area (Å²) in [6.45, 7) is 5.32. The zero-order valence-electron chi connectivity index (χ0n) is 17.7. The van der Waals surface area contributed by atoms with Gasteiger partial charge in [0.15, 0.2) is 5.16 Å². The summed E-state index contributed by atoms with van der Waals surface area (Å²) in [5, 5.41) is 11.7. The Kier molecular flexibility index (Phi) is 7.16. The highest BCUT2D eigenvalue weighted by atomic mass is 32.2. The first kappa shape index (κ1) is 22.9. The van der Waals surface area contributed by atoms with Crippen molar-refractivity contribution < 1.29 is 14.5 Å². The van der Waals surface area contributed by atoms with Crippen molar-refractivity contribution in [2.75, 3.05) is 0 Å². The highest BCUT2D eigenvalue weighted by Crippen LogP contribution is 2.21. The fraction of sp³-hybridized carbons (Fsp3) is 0.182. The summed E-state index contributed by atoms with van der Waals surface area (Å²) in [5.41, 5.74) is 7.97. The Hall–Kier alpha value is -3.79. The molecular weight excluding hydrogens is 430 g/mol. The number of aryl methyl sites for hydroxylation is 2. The van der Waals surface area contributed by atoms with E-state index in [0.29, 0.717) is 16.5 Å². The minimum atomic E-state index is -0.638. The number of hydrazine groups is 1. The molecule has 164 valence electrons. The van der Waals surface area contributed by atoms with Crippen molar-refractivity contribution in [2.24, 2.45) is 0 Å². The van der Waals surface area contributed by atoms with Crippen LogP contribution in [0.5, 0.6) is 0 Å². The van der Waals surface area contributed by atoms with Crippen LogP contribution in [-0.2, 0) is 5.75 Å². The van der Waals surface area contributed by atoms with Crippen LogP contribution in [-0.4, -0.2) is 26.7 Å². The molecule has 0 bridgehead atoms. The minimum Gasteiger partial charge on any atom is -0.267 e. The van der Waals surface area contributed by atoms with Crippen molar-refractivity contribution in [1.29, 1.82) is 0 Å². The largest absolute Gasteiger partial charge is 0.273 e. The van der Waals surface area contributed by atoms with Crippen molar-refractivity contribution in [3.63, 3.8) is 0 Å². The number of carbonyl (C=O) groups excluding carboxylic acids is 2. The normalized spacial score (nSPS) is 10.5. The van der Waals surface area contributed by atoms with E-state index in [1.165, 1.54) is 36.9 Å². The molecule has 9 nitrogen and oxygen atoms in total. The lowest BCUT2D eigenvalue weighted by Crippen LogP contribution is -2.41. The molecule has 0 saturated heterocycles. The number of hydrogen-bond acceptors (Lipinski definition) is 7. The highest BCUT2D eigenvalue weighted by Gasteiger charge is 2.18. The van der Waals surface area contributed by atoms with Gasteiger partial charge in [0.2, 0.25) is 0 Å². The number of hydrogen-bond donors (Lipinski definition) is 2. The first-order chi connectivity index (χ1) is 15.2. The maximum Gasteiger partial charge on any atom is 0.273 e. The first-order valence-corrected chi connectivity index (χ1v) is 10.6. The van der Waals surface area contributed by atoms with Crippen LogP contribution in [0.4, 0.5) is 5.69 Å². The van der Waals surface area contributed by atoms with E-state index in [1.54, 1.807) is 12.1 Å². The van der Waals surface area contributed by atoms with E-state index in [0.717, 1.165) is 17.0 Å². The third-order valence-corrected chi connectivity index (χ3v) is 5.50. The van der Waals surface area contributed by atoms with Gasteiger partial charge >= 0.3 is 0 Å². The lowest BCUT2D eigenvalue weighted by Gasteiger charge is -2.10. The molecule has 1 heterocycles. The van der Waals surface area contributed by atoms with Gasteiger partial charge in [0.25, 0.3) is 17.5 Å². The Balaban J connectivity index is 1.57. The Morgan fingerprint density at radius 2 is 1.59 bits per heavy atom. The third-order valence-electron chi connectivity index (χ3n) is 4.58. The Morgan fingerprint density at radius 1 is 0.969 bits per heavy atom. The standard InChI is InChI=1S/C22H21N5O4S/c1-13-11-14(2)24-22(23-13)32-12-16-7-9-17(10-8-16)20(28)25-26-21(29)18-5-4-6-19(15(18)3)27(30)31/h4-11H,12H2,1-3H3,(H,25,28)(H,26,29). The first-order valence-electron chi connectivity index (χ1n) is 9.63. The van der Waals surface area contributed by atoms with E-state index in [2.05, 4.69) is 20.8 Å². The van der Waals surface area contributed by atoms with Crippen LogP contribution in [0.3, 0.4) is 0 Å². The lowest BCUT2D eigenvalue weighted by molar-refractivity contribution is -0.385. The molecule has 0 radical (unpaired) electrons. The minimum absolute atomic E-state index is 0.112. The molecule has 2 N–H and O–H groups in total. The van der Waals surface area contributed by atoms with Crippen LogP contribution < -0.4 is 10.9 Å². The number of aromatic nitrogens is 2. The molecule has 0 spiro atoms. The maximum atomic E-state index is 12.3. The Labute approximate surface area is 188 Å². The van der Waals surface area contributed by atoms with Gasteiger partial charge < -0.3 is 0 Å². The number of amides is 2. The van der Waals surface area contributed by atoms with Crippen LogP contribution >= 0.6 is 11.8 Å². The van der Waals surface area contributed by atoms with Crippen LogP contribution in [0.15, 0.2) is 53.7 Å². The Bertz CT molecular complexity index is 1160. The average Bonchev–Trinajstić information content (AvgIpc) is 2.75. The summed E-state index contributed by atoms with van der Waals surface area (Å²) in [5.74, 6) is -0.493. The summed E-state index contributed by atoms with van der Waals surface area (Å²) in [7, 11) is 0. The molecule has 1 aromatic heterocycles. The van der Waals surface area contributed by atoms with Crippen molar-refractivity contribution in [3.05, 3.63) is 92.3 Å². The number of nitro groups is 1. The van der Waals surface area contributed by atoms with Crippen LogP contribution in [0.2, 0.25) is 0 Å². The van der Waals surface area contributed by atoms with Gasteiger partial charge in [-0.2, -0.15) is 0 Å². The monoisotopic (exact) mass is 451 g/mol. The molecule has 0 aliphatic carbocycles. The number of thioether (sulfide) groups is 1. The van der Waals surface area contributed by atoms with Crippen LogP contribution in [0.1, 0.15) is 43.2 Å².